The van der Waals surface area contributed by atoms with Crippen LogP contribution in [0.15, 0.2) is 18.2 Å². The van der Waals surface area contributed by atoms with Crippen LogP contribution in [-0.2, 0) is 12.7 Å². The molecule has 0 fully saturated rings. The number of benzene rings is 1. The average Bonchev–Trinajstić information content (AvgIpc) is 2.15. The predicted molar refractivity (Wildman–Crippen MR) is 55.1 cm³/mol. The molecule has 0 bridgehead atoms. The molecule has 2 nitrogen and oxygen atoms in total. The molecule has 0 aliphatic rings. The van der Waals surface area contributed by atoms with E-state index >= 15 is 0 Å². The van der Waals surface area contributed by atoms with Crippen molar-refractivity contribution in [2.45, 2.75) is 32.7 Å². The Labute approximate surface area is 92.2 Å². The minimum atomic E-state index is -4.36. The van der Waals surface area contributed by atoms with Crippen molar-refractivity contribution in [2.75, 3.05) is 0 Å². The summed E-state index contributed by atoms with van der Waals surface area (Å²) in [6.45, 7) is 3.65. The number of rotatable bonds is 3. The molecule has 0 saturated carbocycles. The predicted octanol–water partition coefficient (Wildman–Crippen LogP) is 2.95. The summed E-state index contributed by atoms with van der Waals surface area (Å²) < 4.78 is 42.7. The molecule has 0 aliphatic heterocycles. The Morgan fingerprint density at radius 1 is 1.31 bits per heavy atom. The molecule has 0 unspecified atom stereocenters. The number of hydrogen-bond donors (Lipinski definition) is 1. The first-order chi connectivity index (χ1) is 7.34. The van der Waals surface area contributed by atoms with E-state index in [1.54, 1.807) is 13.8 Å². The minimum absolute atomic E-state index is 0.153. The van der Waals surface area contributed by atoms with Crippen LogP contribution in [0.25, 0.3) is 0 Å². The number of alkyl halides is 3. The standard InChI is InChI=1S/C11H14F3NO/c1-7(2)16-10-5-9(11(12,13)14)4-3-8(10)6-15/h3-5,7H,6,15H2,1-2H3. The van der Waals surface area contributed by atoms with Gasteiger partial charge in [-0.2, -0.15) is 13.2 Å². The number of ether oxygens (including phenoxy) is 1. The van der Waals surface area contributed by atoms with Crippen molar-refractivity contribution in [3.63, 3.8) is 0 Å². The third-order valence-electron chi connectivity index (χ3n) is 1.98. The van der Waals surface area contributed by atoms with Crippen LogP contribution in [0.1, 0.15) is 25.0 Å². The van der Waals surface area contributed by atoms with Crippen LogP contribution in [0.4, 0.5) is 13.2 Å². The molecule has 0 saturated heterocycles. The lowest BCUT2D eigenvalue weighted by molar-refractivity contribution is -0.137. The summed E-state index contributed by atoms with van der Waals surface area (Å²) in [6.07, 6.45) is -4.55. The van der Waals surface area contributed by atoms with Gasteiger partial charge in [0.25, 0.3) is 0 Å². The first kappa shape index (κ1) is 12.8. The molecular weight excluding hydrogens is 219 g/mol. The van der Waals surface area contributed by atoms with Gasteiger partial charge in [0.2, 0.25) is 0 Å². The monoisotopic (exact) mass is 233 g/mol. The first-order valence-electron chi connectivity index (χ1n) is 4.91. The maximum Gasteiger partial charge on any atom is 0.416 e. The second-order valence-electron chi connectivity index (χ2n) is 3.69. The molecule has 0 spiro atoms. The van der Waals surface area contributed by atoms with E-state index in [0.717, 1.165) is 12.1 Å². The highest BCUT2D eigenvalue weighted by atomic mass is 19.4. The smallest absolute Gasteiger partial charge is 0.416 e. The SMILES string of the molecule is CC(C)Oc1cc(C(F)(F)F)ccc1CN. The molecule has 1 aromatic rings. The van der Waals surface area contributed by atoms with Crippen LogP contribution < -0.4 is 10.5 Å². The molecule has 0 aromatic heterocycles. The third-order valence-corrected chi connectivity index (χ3v) is 1.98. The van der Waals surface area contributed by atoms with Crippen molar-refractivity contribution in [3.8, 4) is 5.75 Å². The molecule has 90 valence electrons. The summed E-state index contributed by atoms with van der Waals surface area (Å²) >= 11 is 0. The molecule has 2 N–H and O–H groups in total. The molecule has 0 heterocycles. The highest BCUT2D eigenvalue weighted by molar-refractivity contribution is 5.38. The van der Waals surface area contributed by atoms with Gasteiger partial charge in [0.05, 0.1) is 11.7 Å². The highest BCUT2D eigenvalue weighted by Crippen LogP contribution is 2.33. The molecule has 1 aromatic carbocycles. The lowest BCUT2D eigenvalue weighted by atomic mass is 10.1. The van der Waals surface area contributed by atoms with Gasteiger partial charge in [-0.1, -0.05) is 6.07 Å². The lowest BCUT2D eigenvalue weighted by Gasteiger charge is -2.15. The van der Waals surface area contributed by atoms with Crippen LogP contribution in [-0.4, -0.2) is 6.10 Å². The zero-order valence-corrected chi connectivity index (χ0v) is 9.14. The lowest BCUT2D eigenvalue weighted by Crippen LogP contribution is -2.12. The average molecular weight is 233 g/mol. The van der Waals surface area contributed by atoms with Crippen LogP contribution in [0, 0.1) is 0 Å². The van der Waals surface area contributed by atoms with Crippen molar-refractivity contribution in [3.05, 3.63) is 29.3 Å². The van der Waals surface area contributed by atoms with E-state index in [1.807, 2.05) is 0 Å². The Morgan fingerprint density at radius 3 is 2.38 bits per heavy atom. The molecule has 0 aliphatic carbocycles. The molecule has 5 heteroatoms. The molecule has 1 rings (SSSR count). The van der Waals surface area contributed by atoms with Gasteiger partial charge in [0.15, 0.2) is 0 Å². The van der Waals surface area contributed by atoms with Crippen molar-refractivity contribution in [1.82, 2.24) is 0 Å². The third kappa shape index (κ3) is 3.13. The van der Waals surface area contributed by atoms with Crippen molar-refractivity contribution in [1.29, 1.82) is 0 Å². The number of halogens is 3. The van der Waals surface area contributed by atoms with E-state index in [-0.39, 0.29) is 18.4 Å². The summed E-state index contributed by atoms with van der Waals surface area (Å²) in [4.78, 5) is 0. The zero-order chi connectivity index (χ0) is 12.3. The van der Waals surface area contributed by atoms with Crippen LogP contribution in [0.2, 0.25) is 0 Å². The fraction of sp³-hybridized carbons (Fsp3) is 0.455. The summed E-state index contributed by atoms with van der Waals surface area (Å²) in [5, 5.41) is 0. The quantitative estimate of drug-likeness (QED) is 0.871. The van der Waals surface area contributed by atoms with Gasteiger partial charge in [0.1, 0.15) is 5.75 Å². The highest BCUT2D eigenvalue weighted by Gasteiger charge is 2.31. The summed E-state index contributed by atoms with van der Waals surface area (Å²) in [7, 11) is 0. The normalized spacial score (nSPS) is 11.9. The van der Waals surface area contributed by atoms with E-state index in [0.29, 0.717) is 5.56 Å². The first-order valence-corrected chi connectivity index (χ1v) is 4.91. The van der Waals surface area contributed by atoms with Gasteiger partial charge >= 0.3 is 6.18 Å². The molecule has 0 amide bonds. The summed E-state index contributed by atoms with van der Waals surface area (Å²) in [5.74, 6) is 0.201. The second kappa shape index (κ2) is 4.74. The number of hydrogen-bond acceptors (Lipinski definition) is 2. The Kier molecular flexibility index (Phi) is 3.80. The van der Waals surface area contributed by atoms with E-state index in [4.69, 9.17) is 10.5 Å². The van der Waals surface area contributed by atoms with Gasteiger partial charge in [-0.3, -0.25) is 0 Å². The maximum atomic E-state index is 12.5. The van der Waals surface area contributed by atoms with E-state index in [2.05, 4.69) is 0 Å². The summed E-state index contributed by atoms with van der Waals surface area (Å²) in [5.41, 5.74) is 5.27. The molecule has 16 heavy (non-hydrogen) atoms. The Morgan fingerprint density at radius 2 is 1.94 bits per heavy atom. The molecule has 0 radical (unpaired) electrons. The van der Waals surface area contributed by atoms with Crippen molar-refractivity contribution in [2.24, 2.45) is 5.73 Å². The van der Waals surface area contributed by atoms with E-state index in [9.17, 15) is 13.2 Å². The zero-order valence-electron chi connectivity index (χ0n) is 9.14. The van der Waals surface area contributed by atoms with Crippen LogP contribution in [0.3, 0.4) is 0 Å². The van der Waals surface area contributed by atoms with Gasteiger partial charge in [-0.05, 0) is 26.0 Å². The van der Waals surface area contributed by atoms with E-state index < -0.39 is 11.7 Å². The van der Waals surface area contributed by atoms with Crippen LogP contribution >= 0.6 is 0 Å². The molecular formula is C11H14F3NO. The van der Waals surface area contributed by atoms with Gasteiger partial charge < -0.3 is 10.5 Å². The van der Waals surface area contributed by atoms with Gasteiger partial charge in [-0.25, -0.2) is 0 Å². The maximum absolute atomic E-state index is 12.5. The van der Waals surface area contributed by atoms with Crippen LogP contribution in [0.5, 0.6) is 5.75 Å². The van der Waals surface area contributed by atoms with Gasteiger partial charge in [-0.15, -0.1) is 0 Å². The minimum Gasteiger partial charge on any atom is -0.491 e. The Balaban J connectivity index is 3.11. The number of nitrogens with two attached hydrogens (primary N) is 1. The van der Waals surface area contributed by atoms with E-state index in [1.165, 1.54) is 6.07 Å². The molecule has 0 atom stereocenters. The Bertz CT molecular complexity index is 361. The second-order valence-corrected chi connectivity index (χ2v) is 3.69. The summed E-state index contributed by atoms with van der Waals surface area (Å²) in [6, 6.07) is 3.35. The fourth-order valence-corrected chi connectivity index (χ4v) is 1.26. The topological polar surface area (TPSA) is 35.2 Å². The Hall–Kier alpha value is -1.23. The van der Waals surface area contributed by atoms with Gasteiger partial charge in [0, 0.05) is 12.1 Å². The largest absolute Gasteiger partial charge is 0.491 e. The van der Waals surface area contributed by atoms with Crippen molar-refractivity contribution < 1.29 is 17.9 Å². The van der Waals surface area contributed by atoms with Crippen molar-refractivity contribution >= 4 is 0 Å². The fourth-order valence-electron chi connectivity index (χ4n) is 1.26.